The monoisotopic (exact) mass is 397 g/mol. The van der Waals surface area contributed by atoms with E-state index in [9.17, 15) is 13.2 Å². The number of carboxylic acid groups (broad SMARTS) is 1. The zero-order chi connectivity index (χ0) is 18.6. The number of carboxylic acids is 1. The van der Waals surface area contributed by atoms with E-state index in [1.165, 1.54) is 11.3 Å². The Balaban J connectivity index is 1.72. The number of anilines is 1. The molecule has 1 aromatic carbocycles. The van der Waals surface area contributed by atoms with Crippen LogP contribution in [-0.4, -0.2) is 40.0 Å². The number of ether oxygens (including phenoxy) is 1. The molecule has 1 aromatic heterocycles. The zero-order valence-electron chi connectivity index (χ0n) is 13.8. The van der Waals surface area contributed by atoms with Gasteiger partial charge < -0.3 is 9.84 Å². The summed E-state index contributed by atoms with van der Waals surface area (Å²) in [4.78, 5) is 16.1. The van der Waals surface area contributed by atoms with Gasteiger partial charge in [-0.05, 0) is 36.1 Å². The highest BCUT2D eigenvalue weighted by Gasteiger charge is 2.62. The van der Waals surface area contributed by atoms with Crippen molar-refractivity contribution in [1.29, 1.82) is 0 Å². The van der Waals surface area contributed by atoms with E-state index in [1.54, 1.807) is 29.3 Å². The molecule has 3 unspecified atom stereocenters. The molecule has 0 saturated carbocycles. The molecule has 3 aliphatic heterocycles. The van der Waals surface area contributed by atoms with Gasteiger partial charge in [0.1, 0.15) is 5.75 Å². The largest absolute Gasteiger partial charge is 0.482 e. The molecule has 2 aromatic rings. The number of thiazole rings is 1. The number of aromatic nitrogens is 1. The molecule has 5 rings (SSSR count). The first-order chi connectivity index (χ1) is 12.3. The van der Waals surface area contributed by atoms with Crippen molar-refractivity contribution in [2.24, 2.45) is 0 Å². The van der Waals surface area contributed by atoms with Crippen LogP contribution in [0.15, 0.2) is 24.3 Å². The molecule has 4 heterocycles. The fourth-order valence-corrected chi connectivity index (χ4v) is 4.95. The van der Waals surface area contributed by atoms with Crippen LogP contribution >= 0.6 is 11.3 Å². The third-order valence-corrected chi connectivity index (χ3v) is 6.57. The van der Waals surface area contributed by atoms with Crippen molar-refractivity contribution in [2.75, 3.05) is 11.6 Å². The lowest BCUT2D eigenvalue weighted by Gasteiger charge is -2.29. The molecule has 2 N–H and O–H groups in total. The Bertz CT molecular complexity index is 972. The molecule has 3 atom stereocenters. The van der Waals surface area contributed by atoms with Gasteiger partial charge in [-0.25, -0.2) is 14.8 Å². The van der Waals surface area contributed by atoms with Crippen molar-refractivity contribution in [1.82, 2.24) is 19.5 Å². The summed E-state index contributed by atoms with van der Waals surface area (Å²) in [6.45, 7) is 3.31. The van der Waals surface area contributed by atoms with Gasteiger partial charge in [-0.2, -0.15) is 8.42 Å². The third kappa shape index (κ3) is 2.54. The number of fused-ring (bicyclic) bond motifs is 1. The van der Waals surface area contributed by atoms with Gasteiger partial charge in [0.25, 0.3) is 0 Å². The first kappa shape index (κ1) is 17.2. The number of hydrazine groups is 3. The lowest BCUT2D eigenvalue weighted by atomic mass is 10.1. The summed E-state index contributed by atoms with van der Waals surface area (Å²) >= 11 is 1.39. The number of aryl methyl sites for hydroxylation is 2. The van der Waals surface area contributed by atoms with Crippen LogP contribution in [0.1, 0.15) is 22.3 Å². The van der Waals surface area contributed by atoms with E-state index in [2.05, 4.69) is 10.5 Å². The molecule has 3 fully saturated rings. The van der Waals surface area contributed by atoms with Crippen molar-refractivity contribution in [3.8, 4) is 5.75 Å². The highest BCUT2D eigenvalue weighted by molar-refractivity contribution is 7.88. The van der Waals surface area contributed by atoms with Crippen LogP contribution in [0.2, 0.25) is 0 Å². The van der Waals surface area contributed by atoms with E-state index in [0.717, 1.165) is 19.5 Å². The predicted molar refractivity (Wildman–Crippen MR) is 92.1 cm³/mol. The number of rotatable bonds is 5. The topological polar surface area (TPSA) is 115 Å². The van der Waals surface area contributed by atoms with Crippen molar-refractivity contribution in [3.63, 3.8) is 0 Å². The van der Waals surface area contributed by atoms with Crippen molar-refractivity contribution < 1.29 is 23.1 Å². The van der Waals surface area contributed by atoms with E-state index in [-0.39, 0.29) is 0 Å². The molecule has 26 heavy (non-hydrogen) atoms. The molecule has 3 aliphatic rings. The van der Waals surface area contributed by atoms with Crippen LogP contribution in [0.25, 0.3) is 0 Å². The normalized spacial score (nSPS) is 25.8. The van der Waals surface area contributed by atoms with Crippen molar-refractivity contribution in [3.05, 3.63) is 40.4 Å². The second-order valence-electron chi connectivity index (χ2n) is 5.76. The Morgan fingerprint density at radius 3 is 2.81 bits per heavy atom. The fraction of sp³-hybridized carbons (Fsp3) is 0.286. The number of aliphatic carboxylic acids is 1. The van der Waals surface area contributed by atoms with Gasteiger partial charge in [0, 0.05) is 4.88 Å². The Hall–Kier alpha value is -2.25. The smallest absolute Gasteiger partial charge is 0.341 e. The second kappa shape index (κ2) is 5.89. The van der Waals surface area contributed by atoms with Crippen molar-refractivity contribution >= 4 is 32.6 Å². The molecular weight excluding hydrogens is 382 g/mol. The SMILES string of the molecule is Cc1nc(N2C(c3cccc(OCC(=O)O)c3)N3NN2S3(=O)=O)sc1C. The summed E-state index contributed by atoms with van der Waals surface area (Å²) in [6, 6.07) is 6.66. The van der Waals surface area contributed by atoms with E-state index in [0.29, 0.717) is 16.4 Å². The maximum absolute atomic E-state index is 12.4. The number of nitrogens with one attached hydrogen (secondary N) is 1. The van der Waals surface area contributed by atoms with Crippen LogP contribution < -0.4 is 15.3 Å². The number of nitrogens with zero attached hydrogens (tertiary/aromatic N) is 4. The lowest BCUT2D eigenvalue weighted by Crippen LogP contribution is -2.62. The van der Waals surface area contributed by atoms with Gasteiger partial charge in [0.05, 0.1) is 5.69 Å². The Labute approximate surface area is 153 Å². The molecule has 3 saturated heterocycles. The van der Waals surface area contributed by atoms with E-state index in [1.807, 2.05) is 13.8 Å². The molecule has 2 bridgehead atoms. The first-order valence-corrected chi connectivity index (χ1v) is 9.79. The second-order valence-corrected chi connectivity index (χ2v) is 8.57. The zero-order valence-corrected chi connectivity index (χ0v) is 15.4. The highest BCUT2D eigenvalue weighted by Crippen LogP contribution is 2.46. The van der Waals surface area contributed by atoms with Crippen LogP contribution in [0.3, 0.4) is 0 Å². The minimum atomic E-state index is -3.65. The standard InChI is InChI=1S/C14H15N5O5S2/c1-8-9(2)25-14(15-8)17-13(18-16-19(17)26(18,22)23)10-4-3-5-11(6-10)24-7-12(20)21/h3-6,13,16H,7H2,1-2H3,(H,20,21). The molecule has 0 radical (unpaired) electrons. The maximum Gasteiger partial charge on any atom is 0.341 e. The van der Waals surface area contributed by atoms with Gasteiger partial charge in [-0.15, -0.1) is 16.9 Å². The molecule has 12 heteroatoms. The van der Waals surface area contributed by atoms with Crippen molar-refractivity contribution in [2.45, 2.75) is 20.0 Å². The van der Waals surface area contributed by atoms with E-state index in [4.69, 9.17) is 9.84 Å². The van der Waals surface area contributed by atoms with Crippen LogP contribution in [0, 0.1) is 13.8 Å². The number of hydrogen-bond donors (Lipinski definition) is 2. The highest BCUT2D eigenvalue weighted by atomic mass is 32.2. The Kier molecular flexibility index (Phi) is 3.89. The lowest BCUT2D eigenvalue weighted by molar-refractivity contribution is -0.139. The number of benzene rings is 1. The molecule has 138 valence electrons. The molecule has 0 aliphatic carbocycles. The first-order valence-electron chi connectivity index (χ1n) is 7.58. The van der Waals surface area contributed by atoms with Gasteiger partial charge in [-0.3, -0.25) is 0 Å². The number of hydrogen-bond acceptors (Lipinski definition) is 8. The Morgan fingerprint density at radius 2 is 2.19 bits per heavy atom. The van der Waals surface area contributed by atoms with Crippen LogP contribution in [-0.2, 0) is 15.0 Å². The van der Waals surface area contributed by atoms with E-state index < -0.39 is 29.0 Å². The summed E-state index contributed by atoms with van der Waals surface area (Å²) in [5.74, 6) is -0.748. The minimum absolute atomic E-state index is 0.342. The van der Waals surface area contributed by atoms with Crippen LogP contribution in [0.5, 0.6) is 5.75 Å². The summed E-state index contributed by atoms with van der Waals surface area (Å²) in [5.41, 5.74) is 4.19. The summed E-state index contributed by atoms with van der Waals surface area (Å²) < 4.78 is 32.1. The quantitative estimate of drug-likeness (QED) is 0.766. The molecule has 0 spiro atoms. The molecular formula is C14H15N5O5S2. The van der Waals surface area contributed by atoms with Gasteiger partial charge in [0.15, 0.2) is 12.8 Å². The van der Waals surface area contributed by atoms with Gasteiger partial charge >= 0.3 is 16.2 Å². The van der Waals surface area contributed by atoms with Crippen LogP contribution in [0.4, 0.5) is 5.13 Å². The minimum Gasteiger partial charge on any atom is -0.482 e. The van der Waals surface area contributed by atoms with E-state index >= 15 is 0 Å². The summed E-state index contributed by atoms with van der Waals surface area (Å²) in [5, 5.41) is 10.8. The maximum atomic E-state index is 12.4. The Morgan fingerprint density at radius 1 is 1.42 bits per heavy atom. The molecule has 0 amide bonds. The fourth-order valence-electron chi connectivity index (χ4n) is 2.70. The summed E-state index contributed by atoms with van der Waals surface area (Å²) in [7, 11) is -3.65. The number of carbonyl (C=O) groups is 1. The predicted octanol–water partition coefficient (Wildman–Crippen LogP) is 0.939. The van der Waals surface area contributed by atoms with Gasteiger partial charge in [-0.1, -0.05) is 16.5 Å². The average molecular weight is 397 g/mol. The average Bonchev–Trinajstić information content (AvgIpc) is 3.22. The molecule has 10 nitrogen and oxygen atoms in total. The van der Waals surface area contributed by atoms with Gasteiger partial charge in [0.2, 0.25) is 5.13 Å². The third-order valence-electron chi connectivity index (χ3n) is 4.03. The summed E-state index contributed by atoms with van der Waals surface area (Å²) in [6.07, 6.45) is -0.682.